The molecule has 0 aromatic carbocycles. The lowest BCUT2D eigenvalue weighted by Gasteiger charge is -2.14. The zero-order chi connectivity index (χ0) is 12.1. The molecule has 1 fully saturated rings. The van der Waals surface area contributed by atoms with Gasteiger partial charge in [0.2, 0.25) is 0 Å². The summed E-state index contributed by atoms with van der Waals surface area (Å²) in [6.07, 6.45) is 1.75. The fourth-order valence-electron chi connectivity index (χ4n) is 2.35. The van der Waals surface area contributed by atoms with Gasteiger partial charge in [-0.1, -0.05) is 13.3 Å². The molecule has 3 N–H and O–H groups in total. The molecule has 92 valence electrons. The third kappa shape index (κ3) is 3.77. The molecule has 0 bridgehead atoms. The van der Waals surface area contributed by atoms with Crippen LogP contribution in [0.5, 0.6) is 0 Å². The molecule has 16 heavy (non-hydrogen) atoms. The van der Waals surface area contributed by atoms with Crippen LogP contribution in [0, 0.1) is 11.8 Å². The van der Waals surface area contributed by atoms with Crippen molar-refractivity contribution in [2.45, 2.75) is 26.1 Å². The van der Waals surface area contributed by atoms with Crippen LogP contribution in [0.25, 0.3) is 0 Å². The molecule has 0 aromatic rings. The van der Waals surface area contributed by atoms with E-state index in [1.807, 2.05) is 6.92 Å². The molecular formula is C10H20BNO4. The van der Waals surface area contributed by atoms with Crippen LogP contribution in [0.2, 0.25) is 6.32 Å². The number of nitrogens with zero attached hydrogens (tertiary/aromatic N) is 1. The molecule has 0 aliphatic carbocycles. The average molecular weight is 229 g/mol. The first-order valence-electron chi connectivity index (χ1n) is 5.85. The SMILES string of the molecule is CCN1CC(CCCB(O)O)C(C(=O)O)C1. The number of likely N-dealkylation sites (tertiary alicyclic amines) is 1. The zero-order valence-corrected chi connectivity index (χ0v) is 9.67. The highest BCUT2D eigenvalue weighted by Crippen LogP contribution is 2.28. The maximum atomic E-state index is 11.0. The Balaban J connectivity index is 2.40. The molecule has 2 unspecified atom stereocenters. The molecule has 1 heterocycles. The second kappa shape index (κ2) is 6.22. The van der Waals surface area contributed by atoms with E-state index >= 15 is 0 Å². The highest BCUT2D eigenvalue weighted by molar-refractivity contribution is 6.40. The van der Waals surface area contributed by atoms with Gasteiger partial charge < -0.3 is 20.1 Å². The minimum absolute atomic E-state index is 0.149. The Bertz CT molecular complexity index is 237. The predicted octanol–water partition coefficient (Wildman–Crippen LogP) is -0.108. The third-order valence-electron chi connectivity index (χ3n) is 3.32. The van der Waals surface area contributed by atoms with Crippen molar-refractivity contribution in [1.29, 1.82) is 0 Å². The number of aliphatic carboxylic acids is 1. The lowest BCUT2D eigenvalue weighted by Crippen LogP contribution is -2.23. The van der Waals surface area contributed by atoms with Gasteiger partial charge in [-0.3, -0.25) is 4.79 Å². The topological polar surface area (TPSA) is 81.0 Å². The maximum absolute atomic E-state index is 11.0. The van der Waals surface area contributed by atoms with Gasteiger partial charge in [0.25, 0.3) is 0 Å². The van der Waals surface area contributed by atoms with Crippen LogP contribution in [-0.4, -0.2) is 52.8 Å². The van der Waals surface area contributed by atoms with E-state index in [1.54, 1.807) is 0 Å². The van der Waals surface area contributed by atoms with Gasteiger partial charge in [-0.05, 0) is 25.2 Å². The van der Waals surface area contributed by atoms with E-state index in [0.29, 0.717) is 19.3 Å². The molecule has 1 rings (SSSR count). The third-order valence-corrected chi connectivity index (χ3v) is 3.32. The molecule has 0 saturated carbocycles. The van der Waals surface area contributed by atoms with Crippen LogP contribution < -0.4 is 0 Å². The molecule has 0 radical (unpaired) electrons. The summed E-state index contributed by atoms with van der Waals surface area (Å²) in [5, 5.41) is 26.5. The van der Waals surface area contributed by atoms with Crippen molar-refractivity contribution in [2.75, 3.05) is 19.6 Å². The van der Waals surface area contributed by atoms with Crippen molar-refractivity contribution in [3.8, 4) is 0 Å². The summed E-state index contributed by atoms with van der Waals surface area (Å²) in [5.74, 6) is -0.877. The highest BCUT2D eigenvalue weighted by atomic mass is 16.4. The van der Waals surface area contributed by atoms with E-state index in [1.165, 1.54) is 0 Å². The van der Waals surface area contributed by atoms with Gasteiger partial charge in [-0.15, -0.1) is 0 Å². The Labute approximate surface area is 96.2 Å². The largest absolute Gasteiger partial charge is 0.481 e. The summed E-state index contributed by atoms with van der Waals surface area (Å²) in [6, 6.07) is 0. The molecule has 6 heteroatoms. The van der Waals surface area contributed by atoms with E-state index in [4.69, 9.17) is 15.2 Å². The quantitative estimate of drug-likeness (QED) is 0.554. The molecule has 1 saturated heterocycles. The molecule has 2 atom stereocenters. The van der Waals surface area contributed by atoms with Crippen molar-refractivity contribution in [1.82, 2.24) is 4.90 Å². The fraction of sp³-hybridized carbons (Fsp3) is 0.900. The van der Waals surface area contributed by atoms with Gasteiger partial charge in [0.1, 0.15) is 0 Å². The van der Waals surface area contributed by atoms with E-state index < -0.39 is 13.1 Å². The van der Waals surface area contributed by atoms with Crippen molar-refractivity contribution in [3.63, 3.8) is 0 Å². The molecule has 0 spiro atoms. The van der Waals surface area contributed by atoms with Crippen molar-refractivity contribution in [2.24, 2.45) is 11.8 Å². The summed E-state index contributed by atoms with van der Waals surface area (Å²) < 4.78 is 0. The summed E-state index contributed by atoms with van der Waals surface area (Å²) in [6.45, 7) is 4.34. The normalized spacial score (nSPS) is 25.9. The van der Waals surface area contributed by atoms with Crippen LogP contribution in [0.3, 0.4) is 0 Å². The number of hydrogen-bond acceptors (Lipinski definition) is 4. The average Bonchev–Trinajstić information content (AvgIpc) is 2.60. The van der Waals surface area contributed by atoms with E-state index in [-0.39, 0.29) is 11.8 Å². The Kier molecular flexibility index (Phi) is 5.24. The summed E-state index contributed by atoms with van der Waals surface area (Å²) in [7, 11) is -1.27. The van der Waals surface area contributed by atoms with E-state index in [0.717, 1.165) is 19.5 Å². The number of carboxylic acids is 1. The molecule has 1 aliphatic heterocycles. The Morgan fingerprint density at radius 1 is 1.44 bits per heavy atom. The second-order valence-electron chi connectivity index (χ2n) is 4.47. The first-order chi connectivity index (χ1) is 7.54. The summed E-state index contributed by atoms with van der Waals surface area (Å²) >= 11 is 0. The monoisotopic (exact) mass is 229 g/mol. The lowest BCUT2D eigenvalue weighted by atomic mass is 9.80. The minimum Gasteiger partial charge on any atom is -0.481 e. The van der Waals surface area contributed by atoms with E-state index in [9.17, 15) is 4.79 Å². The zero-order valence-electron chi connectivity index (χ0n) is 9.67. The van der Waals surface area contributed by atoms with Crippen molar-refractivity contribution in [3.05, 3.63) is 0 Å². The lowest BCUT2D eigenvalue weighted by molar-refractivity contribution is -0.142. The standard InChI is InChI=1S/C10H20BNO4/c1-2-12-6-8(4-3-5-11(15)16)9(7-12)10(13)14/h8-9,15-16H,2-7H2,1H3,(H,13,14). The van der Waals surface area contributed by atoms with Crippen LogP contribution >= 0.6 is 0 Å². The fourth-order valence-corrected chi connectivity index (χ4v) is 2.35. The second-order valence-corrected chi connectivity index (χ2v) is 4.47. The Hall–Kier alpha value is -0.585. The maximum Gasteiger partial charge on any atom is 0.451 e. The minimum atomic E-state index is -1.27. The molecule has 0 amide bonds. The van der Waals surface area contributed by atoms with Gasteiger partial charge in [0.15, 0.2) is 0 Å². The van der Waals surface area contributed by atoms with Crippen LogP contribution in [0.15, 0.2) is 0 Å². The molecular weight excluding hydrogens is 209 g/mol. The van der Waals surface area contributed by atoms with Crippen LogP contribution in [-0.2, 0) is 4.79 Å². The smallest absolute Gasteiger partial charge is 0.451 e. The molecule has 5 nitrogen and oxygen atoms in total. The number of hydrogen-bond donors (Lipinski definition) is 3. The van der Waals surface area contributed by atoms with Gasteiger partial charge >= 0.3 is 13.1 Å². The first kappa shape index (κ1) is 13.5. The van der Waals surface area contributed by atoms with Crippen LogP contribution in [0.4, 0.5) is 0 Å². The van der Waals surface area contributed by atoms with Crippen LogP contribution in [0.1, 0.15) is 19.8 Å². The van der Waals surface area contributed by atoms with E-state index in [2.05, 4.69) is 4.90 Å². The Morgan fingerprint density at radius 2 is 2.12 bits per heavy atom. The predicted molar refractivity (Wildman–Crippen MR) is 61.0 cm³/mol. The molecule has 1 aliphatic rings. The van der Waals surface area contributed by atoms with Gasteiger partial charge in [0, 0.05) is 13.1 Å². The molecule has 0 aromatic heterocycles. The number of carboxylic acid groups (broad SMARTS) is 1. The van der Waals surface area contributed by atoms with Gasteiger partial charge in [-0.2, -0.15) is 0 Å². The summed E-state index contributed by atoms with van der Waals surface area (Å²) in [5.41, 5.74) is 0. The first-order valence-corrected chi connectivity index (χ1v) is 5.85. The summed E-state index contributed by atoms with van der Waals surface area (Å²) in [4.78, 5) is 13.2. The number of rotatable bonds is 6. The van der Waals surface area contributed by atoms with Gasteiger partial charge in [0.05, 0.1) is 5.92 Å². The highest BCUT2D eigenvalue weighted by Gasteiger charge is 2.36. The van der Waals surface area contributed by atoms with Gasteiger partial charge in [-0.25, -0.2) is 0 Å². The Morgan fingerprint density at radius 3 is 2.62 bits per heavy atom. The van der Waals surface area contributed by atoms with Crippen molar-refractivity contribution < 1.29 is 19.9 Å². The van der Waals surface area contributed by atoms with Crippen molar-refractivity contribution >= 4 is 13.1 Å². The number of carbonyl (C=O) groups is 1.